The lowest BCUT2D eigenvalue weighted by atomic mass is 10.2. The molecule has 4 aromatic rings. The highest BCUT2D eigenvalue weighted by Crippen LogP contribution is 2.35. The molecular weight excluding hydrogens is 440 g/mol. The quantitative estimate of drug-likeness (QED) is 0.463. The first kappa shape index (κ1) is 20.5. The molecule has 0 saturated carbocycles. The van der Waals surface area contributed by atoms with E-state index in [1.807, 2.05) is 24.4 Å². The van der Waals surface area contributed by atoms with Crippen LogP contribution in [0.2, 0.25) is 5.02 Å². The number of rotatable bonds is 6. The van der Waals surface area contributed by atoms with Gasteiger partial charge in [0, 0.05) is 12.6 Å². The molecule has 0 unspecified atom stereocenters. The first-order valence-electron chi connectivity index (χ1n) is 9.15. The lowest BCUT2D eigenvalue weighted by molar-refractivity contribution is 0.0952. The van der Waals surface area contributed by atoms with Crippen molar-refractivity contribution >= 4 is 40.2 Å². The van der Waals surface area contributed by atoms with Gasteiger partial charge in [0.15, 0.2) is 0 Å². The third-order valence-corrected chi connectivity index (χ3v) is 6.90. The minimum absolute atomic E-state index is 0.230. The molecule has 0 atom stereocenters. The van der Waals surface area contributed by atoms with Gasteiger partial charge in [-0.2, -0.15) is 5.10 Å². The number of aryl methyl sites for hydroxylation is 1. The van der Waals surface area contributed by atoms with Crippen LogP contribution < -0.4 is 10.9 Å². The van der Waals surface area contributed by atoms with E-state index in [0.29, 0.717) is 16.3 Å². The molecule has 0 radical (unpaired) electrons. The molecule has 6 nitrogen and oxygen atoms in total. The fourth-order valence-electron chi connectivity index (χ4n) is 2.89. The molecule has 9 heteroatoms. The maximum absolute atomic E-state index is 12.3. The number of thiazole rings is 1. The van der Waals surface area contributed by atoms with Crippen LogP contribution in [0.15, 0.2) is 58.7 Å². The minimum Gasteiger partial charge on any atom is -0.350 e. The van der Waals surface area contributed by atoms with E-state index in [-0.39, 0.29) is 24.6 Å². The molecule has 152 valence electrons. The first-order valence-corrected chi connectivity index (χ1v) is 11.2. The van der Waals surface area contributed by atoms with Crippen LogP contribution in [-0.4, -0.2) is 27.2 Å². The summed E-state index contributed by atoms with van der Waals surface area (Å²) in [6.45, 7) is 2.44. The van der Waals surface area contributed by atoms with Crippen molar-refractivity contribution in [3.63, 3.8) is 0 Å². The van der Waals surface area contributed by atoms with Gasteiger partial charge in [-0.05, 0) is 36.6 Å². The number of aromatic nitrogens is 3. The Morgan fingerprint density at radius 2 is 2.00 bits per heavy atom. The summed E-state index contributed by atoms with van der Waals surface area (Å²) in [5.41, 5.74) is 1.72. The molecular formula is C21H17ClN4O2S2. The van der Waals surface area contributed by atoms with Crippen molar-refractivity contribution < 1.29 is 4.79 Å². The van der Waals surface area contributed by atoms with Crippen LogP contribution in [0.5, 0.6) is 0 Å². The third-order valence-electron chi connectivity index (χ3n) is 4.36. The van der Waals surface area contributed by atoms with Gasteiger partial charge in [0.1, 0.15) is 10.7 Å². The molecule has 0 spiro atoms. The molecule has 0 saturated heterocycles. The second-order valence-electron chi connectivity index (χ2n) is 6.43. The van der Waals surface area contributed by atoms with Crippen LogP contribution in [0.3, 0.4) is 0 Å². The second-order valence-corrected chi connectivity index (χ2v) is 8.78. The minimum atomic E-state index is -0.288. The van der Waals surface area contributed by atoms with Crippen molar-refractivity contribution in [2.45, 2.75) is 13.5 Å². The van der Waals surface area contributed by atoms with E-state index in [1.54, 1.807) is 53.0 Å². The molecule has 1 amide bonds. The maximum atomic E-state index is 12.3. The van der Waals surface area contributed by atoms with Crippen LogP contribution in [0.4, 0.5) is 0 Å². The summed E-state index contributed by atoms with van der Waals surface area (Å²) in [5, 5.41) is 10.6. The van der Waals surface area contributed by atoms with Gasteiger partial charge in [-0.3, -0.25) is 9.59 Å². The van der Waals surface area contributed by atoms with Crippen molar-refractivity contribution in [1.82, 2.24) is 20.1 Å². The fraction of sp³-hybridized carbons (Fsp3) is 0.143. The Bertz CT molecular complexity index is 1250. The normalized spacial score (nSPS) is 10.9. The van der Waals surface area contributed by atoms with Crippen LogP contribution in [0.1, 0.15) is 16.1 Å². The van der Waals surface area contributed by atoms with E-state index in [9.17, 15) is 9.59 Å². The molecule has 0 fully saturated rings. The van der Waals surface area contributed by atoms with Gasteiger partial charge < -0.3 is 5.32 Å². The third kappa shape index (κ3) is 4.35. The molecule has 0 aliphatic carbocycles. The number of thiophene rings is 1. The molecule has 3 aromatic heterocycles. The van der Waals surface area contributed by atoms with Crippen molar-refractivity contribution in [1.29, 1.82) is 0 Å². The summed E-state index contributed by atoms with van der Waals surface area (Å²) >= 11 is 9.23. The van der Waals surface area contributed by atoms with Crippen LogP contribution in [-0.2, 0) is 6.54 Å². The highest BCUT2D eigenvalue weighted by atomic mass is 35.5. The first-order chi connectivity index (χ1) is 14.5. The summed E-state index contributed by atoms with van der Waals surface area (Å²) in [7, 11) is 0. The lowest BCUT2D eigenvalue weighted by Gasteiger charge is -2.09. The number of halogens is 1. The number of nitrogens with zero attached hydrogens (tertiary/aromatic N) is 3. The zero-order valence-electron chi connectivity index (χ0n) is 16.0. The van der Waals surface area contributed by atoms with Gasteiger partial charge in [-0.15, -0.1) is 22.7 Å². The molecule has 1 aromatic carbocycles. The Morgan fingerprint density at radius 3 is 2.77 bits per heavy atom. The predicted molar refractivity (Wildman–Crippen MR) is 121 cm³/mol. The Labute approximate surface area is 185 Å². The van der Waals surface area contributed by atoms with E-state index in [2.05, 4.69) is 15.4 Å². The SMILES string of the molecule is Cc1nc(-c2cccs2)sc1-c1ccc(=O)n(CCNC(=O)c2ccccc2Cl)n1. The van der Waals surface area contributed by atoms with E-state index in [1.165, 1.54) is 10.7 Å². The van der Waals surface area contributed by atoms with E-state index in [4.69, 9.17) is 11.6 Å². The Balaban J connectivity index is 1.50. The summed E-state index contributed by atoms with van der Waals surface area (Å²) in [6.07, 6.45) is 0. The van der Waals surface area contributed by atoms with Crippen molar-refractivity contribution in [3.8, 4) is 20.5 Å². The van der Waals surface area contributed by atoms with Gasteiger partial charge >= 0.3 is 0 Å². The molecule has 0 aliphatic heterocycles. The number of carbonyl (C=O) groups is 1. The van der Waals surface area contributed by atoms with E-state index < -0.39 is 0 Å². The molecule has 4 rings (SSSR count). The predicted octanol–water partition coefficient (Wildman–Crippen LogP) is 4.49. The van der Waals surface area contributed by atoms with Gasteiger partial charge in [-0.1, -0.05) is 29.8 Å². The Morgan fingerprint density at radius 1 is 1.17 bits per heavy atom. The number of nitrogens with one attached hydrogen (secondary N) is 1. The second kappa shape index (κ2) is 8.91. The molecule has 0 aliphatic rings. The zero-order chi connectivity index (χ0) is 21.1. The number of benzene rings is 1. The maximum Gasteiger partial charge on any atom is 0.266 e. The van der Waals surface area contributed by atoms with Crippen LogP contribution in [0, 0.1) is 6.92 Å². The van der Waals surface area contributed by atoms with Crippen LogP contribution in [0.25, 0.3) is 20.5 Å². The number of amides is 1. The Hall–Kier alpha value is -2.81. The van der Waals surface area contributed by atoms with Crippen molar-refractivity contribution in [2.24, 2.45) is 0 Å². The van der Waals surface area contributed by atoms with E-state index in [0.717, 1.165) is 20.5 Å². The topological polar surface area (TPSA) is 76.9 Å². The highest BCUT2D eigenvalue weighted by molar-refractivity contribution is 7.23. The monoisotopic (exact) mass is 456 g/mol. The van der Waals surface area contributed by atoms with Gasteiger partial charge in [0.25, 0.3) is 11.5 Å². The average molecular weight is 457 g/mol. The number of hydrogen-bond acceptors (Lipinski definition) is 6. The average Bonchev–Trinajstić information content (AvgIpc) is 3.39. The molecule has 0 bridgehead atoms. The fourth-order valence-corrected chi connectivity index (χ4v) is 4.94. The molecule has 3 heterocycles. The highest BCUT2D eigenvalue weighted by Gasteiger charge is 2.14. The summed E-state index contributed by atoms with van der Waals surface area (Å²) < 4.78 is 1.35. The van der Waals surface area contributed by atoms with Gasteiger partial charge in [0.2, 0.25) is 0 Å². The lowest BCUT2D eigenvalue weighted by Crippen LogP contribution is -2.32. The summed E-state index contributed by atoms with van der Waals surface area (Å²) in [6, 6.07) is 14.0. The summed E-state index contributed by atoms with van der Waals surface area (Å²) in [5.74, 6) is -0.288. The summed E-state index contributed by atoms with van der Waals surface area (Å²) in [4.78, 5) is 31.2. The number of hydrogen-bond donors (Lipinski definition) is 1. The van der Waals surface area contributed by atoms with Crippen molar-refractivity contribution in [3.05, 3.63) is 80.5 Å². The van der Waals surface area contributed by atoms with E-state index >= 15 is 0 Å². The van der Waals surface area contributed by atoms with Crippen molar-refractivity contribution in [2.75, 3.05) is 6.54 Å². The molecule has 1 N–H and O–H groups in total. The zero-order valence-corrected chi connectivity index (χ0v) is 18.4. The standard InChI is InChI=1S/C21H17ClN4O2S2/c1-13-19(30-21(24-13)17-7-4-12-29-17)16-8-9-18(27)26(25-16)11-10-23-20(28)14-5-2-3-6-15(14)22/h2-9,12H,10-11H2,1H3,(H,23,28). The van der Waals surface area contributed by atoms with Gasteiger partial charge in [-0.25, -0.2) is 9.67 Å². The van der Waals surface area contributed by atoms with Crippen LogP contribution >= 0.6 is 34.3 Å². The smallest absolute Gasteiger partial charge is 0.266 e. The Kier molecular flexibility index (Phi) is 6.08. The van der Waals surface area contributed by atoms with Gasteiger partial charge in [0.05, 0.1) is 32.6 Å². The number of carbonyl (C=O) groups excluding carboxylic acids is 1. The molecule has 30 heavy (non-hydrogen) atoms. The largest absolute Gasteiger partial charge is 0.350 e.